The lowest BCUT2D eigenvalue weighted by Crippen LogP contribution is -1.47. The summed E-state index contributed by atoms with van der Waals surface area (Å²) in [4.78, 5) is 0. The predicted molar refractivity (Wildman–Crippen MR) is 61.6 cm³/mol. The normalized spacial score (nSPS) is 7.75. The van der Waals surface area contributed by atoms with Crippen LogP contribution in [0, 0.1) is 0 Å². The van der Waals surface area contributed by atoms with E-state index in [1.807, 2.05) is 32.1 Å². The molecule has 0 radical (unpaired) electrons. The Morgan fingerprint density at radius 1 is 0.917 bits per heavy atom. The van der Waals surface area contributed by atoms with Crippen LogP contribution in [0.4, 0.5) is 0 Å². The van der Waals surface area contributed by atoms with Gasteiger partial charge in [-0.3, -0.25) is 0 Å². The van der Waals surface area contributed by atoms with Crippen LogP contribution in [0.3, 0.4) is 0 Å². The summed E-state index contributed by atoms with van der Waals surface area (Å²) in [6.07, 6.45) is 9.60. The fraction of sp³-hybridized carbons (Fsp3) is 0.667. The molecule has 0 aliphatic rings. The Morgan fingerprint density at radius 2 is 1.17 bits per heavy atom. The Balaban J connectivity index is -0.000000101. The lowest BCUT2D eigenvalue weighted by molar-refractivity contribution is 0.886. The summed E-state index contributed by atoms with van der Waals surface area (Å²) in [7, 11) is 0. The van der Waals surface area contributed by atoms with E-state index in [0.717, 1.165) is 6.42 Å². The minimum Gasteiger partial charge on any atom is -0.103 e. The zero-order valence-corrected chi connectivity index (χ0v) is 9.56. The van der Waals surface area contributed by atoms with Crippen LogP contribution >= 0.6 is 0 Å². The molecule has 12 heavy (non-hydrogen) atoms. The van der Waals surface area contributed by atoms with Gasteiger partial charge in [0, 0.05) is 0 Å². The van der Waals surface area contributed by atoms with Crippen LogP contribution in [-0.4, -0.2) is 0 Å². The van der Waals surface area contributed by atoms with Crippen molar-refractivity contribution in [2.75, 3.05) is 0 Å². The molecular formula is C12H26. The second-order valence-electron chi connectivity index (χ2n) is 2.36. The number of rotatable bonds is 2. The molecule has 0 unspecified atom stereocenters. The van der Waals surface area contributed by atoms with Crippen molar-refractivity contribution in [1.29, 1.82) is 0 Å². The lowest BCUT2D eigenvalue weighted by atomic mass is 10.4. The molecule has 0 saturated carbocycles. The predicted octanol–water partition coefficient (Wildman–Crippen LogP) is 4.97. The molecule has 0 aromatic carbocycles. The summed E-state index contributed by atoms with van der Waals surface area (Å²) in [5.41, 5.74) is 0. The van der Waals surface area contributed by atoms with Gasteiger partial charge in [-0.25, -0.2) is 0 Å². The molecule has 0 aromatic rings. The first kappa shape index (κ1) is 17.5. The summed E-state index contributed by atoms with van der Waals surface area (Å²) in [5, 5.41) is 0. The highest BCUT2D eigenvalue weighted by molar-refractivity contribution is 4.68. The topological polar surface area (TPSA) is 0 Å². The minimum absolute atomic E-state index is 1.08. The smallest absolute Gasteiger partial charge is 0.0382 e. The van der Waals surface area contributed by atoms with Gasteiger partial charge in [-0.05, 0) is 20.3 Å². The summed E-state index contributed by atoms with van der Waals surface area (Å²) in [5.74, 6) is 0. The zero-order valence-electron chi connectivity index (χ0n) is 9.56. The summed E-state index contributed by atoms with van der Waals surface area (Å²) in [6.45, 7) is 13.9. The highest BCUT2D eigenvalue weighted by Gasteiger charge is 1.56. The zero-order chi connectivity index (χ0) is 10.2. The number of hydrogen-bond donors (Lipinski definition) is 0. The van der Waals surface area contributed by atoms with Crippen molar-refractivity contribution in [2.24, 2.45) is 0 Å². The molecule has 0 fully saturated rings. The Hall–Kier alpha value is -0.520. The van der Waals surface area contributed by atoms with Gasteiger partial charge in [0.25, 0.3) is 0 Å². The maximum Gasteiger partial charge on any atom is -0.0382 e. The van der Waals surface area contributed by atoms with Crippen molar-refractivity contribution in [3.05, 3.63) is 24.8 Å². The van der Waals surface area contributed by atoms with E-state index in [-0.39, 0.29) is 0 Å². The first-order valence-corrected chi connectivity index (χ1v) is 4.93. The van der Waals surface area contributed by atoms with Crippen LogP contribution in [0.25, 0.3) is 0 Å². The molecule has 0 heteroatoms. The number of unbranched alkanes of at least 4 members (excludes halogenated alkanes) is 1. The van der Waals surface area contributed by atoms with E-state index in [0.29, 0.717) is 0 Å². The third-order valence-corrected chi connectivity index (χ3v) is 1.12. The largest absolute Gasteiger partial charge is 0.103 e. The Kier molecular flexibility index (Phi) is 45.8. The van der Waals surface area contributed by atoms with E-state index in [9.17, 15) is 0 Å². The van der Waals surface area contributed by atoms with Gasteiger partial charge in [0.1, 0.15) is 0 Å². The van der Waals surface area contributed by atoms with Crippen molar-refractivity contribution < 1.29 is 0 Å². The molecule has 0 atom stereocenters. The Bertz CT molecular complexity index is 64.1. The molecule has 0 spiro atoms. The maximum atomic E-state index is 3.48. The van der Waals surface area contributed by atoms with Gasteiger partial charge >= 0.3 is 0 Å². The molecule has 0 aromatic heterocycles. The average molecular weight is 170 g/mol. The van der Waals surface area contributed by atoms with Crippen LogP contribution < -0.4 is 0 Å². The third kappa shape index (κ3) is 111. The monoisotopic (exact) mass is 170 g/mol. The van der Waals surface area contributed by atoms with Gasteiger partial charge in [0.15, 0.2) is 0 Å². The van der Waals surface area contributed by atoms with Crippen molar-refractivity contribution in [1.82, 2.24) is 0 Å². The minimum atomic E-state index is 1.08. The summed E-state index contributed by atoms with van der Waals surface area (Å²) in [6, 6.07) is 0. The van der Waals surface area contributed by atoms with Crippen molar-refractivity contribution in [2.45, 2.75) is 53.9 Å². The van der Waals surface area contributed by atoms with Crippen LogP contribution in [0.5, 0.6) is 0 Å². The highest BCUT2D eigenvalue weighted by Crippen LogP contribution is 1.76. The van der Waals surface area contributed by atoms with Gasteiger partial charge in [-0.1, -0.05) is 51.8 Å². The van der Waals surface area contributed by atoms with Crippen LogP contribution in [0.15, 0.2) is 24.8 Å². The van der Waals surface area contributed by atoms with E-state index in [1.54, 1.807) is 0 Å². The molecule has 0 bridgehead atoms. The average Bonchev–Trinajstić information content (AvgIpc) is 2.18. The van der Waals surface area contributed by atoms with Crippen LogP contribution in [0.2, 0.25) is 0 Å². The highest BCUT2D eigenvalue weighted by atomic mass is 13.6. The van der Waals surface area contributed by atoms with Gasteiger partial charge < -0.3 is 0 Å². The van der Waals surface area contributed by atoms with Gasteiger partial charge in [-0.15, -0.1) is 6.58 Å². The fourth-order valence-corrected chi connectivity index (χ4v) is 0. The van der Waals surface area contributed by atoms with E-state index >= 15 is 0 Å². The Morgan fingerprint density at radius 3 is 1.17 bits per heavy atom. The molecule has 0 N–H and O–H groups in total. The summed E-state index contributed by atoms with van der Waals surface area (Å²) >= 11 is 0. The quantitative estimate of drug-likeness (QED) is 0.513. The molecule has 0 nitrogen and oxygen atoms in total. The van der Waals surface area contributed by atoms with Gasteiger partial charge in [0.2, 0.25) is 0 Å². The Labute approximate surface area is 79.4 Å². The SMILES string of the molecule is C=CCC.CC=CC.CCCC. The molecule has 0 rings (SSSR count). The number of hydrogen-bond acceptors (Lipinski definition) is 0. The van der Waals surface area contributed by atoms with E-state index in [1.165, 1.54) is 12.8 Å². The third-order valence-electron chi connectivity index (χ3n) is 1.12. The van der Waals surface area contributed by atoms with Crippen LogP contribution in [0.1, 0.15) is 53.9 Å². The fourth-order valence-electron chi connectivity index (χ4n) is 0. The lowest BCUT2D eigenvalue weighted by Gasteiger charge is -1.68. The van der Waals surface area contributed by atoms with E-state index in [4.69, 9.17) is 0 Å². The first-order valence-electron chi connectivity index (χ1n) is 4.93. The molecule has 0 amide bonds. The summed E-state index contributed by atoms with van der Waals surface area (Å²) < 4.78 is 0. The molecule has 0 saturated heterocycles. The standard InChI is InChI=1S/C4H10.2C4H8/c3*1-3-4-2/h3-4H2,1-2H3;3-4H,1-2H3;3H,1,4H2,2H3. The molecular weight excluding hydrogens is 144 g/mol. The van der Waals surface area contributed by atoms with Crippen molar-refractivity contribution >= 4 is 0 Å². The van der Waals surface area contributed by atoms with E-state index < -0.39 is 0 Å². The molecule has 0 heterocycles. The van der Waals surface area contributed by atoms with Gasteiger partial charge in [0.05, 0.1) is 0 Å². The molecule has 0 aliphatic carbocycles. The second-order valence-corrected chi connectivity index (χ2v) is 2.36. The number of allylic oxidation sites excluding steroid dienone is 3. The molecule has 0 aliphatic heterocycles. The van der Waals surface area contributed by atoms with Crippen LogP contribution in [-0.2, 0) is 0 Å². The molecule has 74 valence electrons. The van der Waals surface area contributed by atoms with Crippen molar-refractivity contribution in [3.8, 4) is 0 Å². The van der Waals surface area contributed by atoms with E-state index in [2.05, 4.69) is 27.4 Å². The second kappa shape index (κ2) is 31.4. The van der Waals surface area contributed by atoms with Crippen molar-refractivity contribution in [3.63, 3.8) is 0 Å². The van der Waals surface area contributed by atoms with Gasteiger partial charge in [-0.2, -0.15) is 0 Å². The maximum absolute atomic E-state index is 3.48. The first-order chi connectivity index (χ1) is 5.74.